The quantitative estimate of drug-likeness (QED) is 0.737. The standard InChI is InChI=1S/C18H21BrN2O3S/c1-3-14-7-5-6-8-17(14)20-18(22)13-21(4-2)25(23,24)16-11-9-15(19)10-12-16/h5-12H,3-4,13H2,1-2H3,(H,20,22). The molecule has 0 saturated heterocycles. The third-order valence-corrected chi connectivity index (χ3v) is 6.26. The molecule has 5 nitrogen and oxygen atoms in total. The maximum absolute atomic E-state index is 12.7. The van der Waals surface area contributed by atoms with E-state index in [2.05, 4.69) is 21.2 Å². The highest BCUT2D eigenvalue weighted by Crippen LogP contribution is 2.19. The lowest BCUT2D eigenvalue weighted by atomic mass is 10.1. The van der Waals surface area contributed by atoms with E-state index < -0.39 is 10.0 Å². The summed E-state index contributed by atoms with van der Waals surface area (Å²) in [7, 11) is -3.72. The molecule has 0 aliphatic heterocycles. The van der Waals surface area contributed by atoms with Gasteiger partial charge in [-0.25, -0.2) is 8.42 Å². The van der Waals surface area contributed by atoms with Crippen molar-refractivity contribution in [2.75, 3.05) is 18.4 Å². The Hall–Kier alpha value is -1.70. The van der Waals surface area contributed by atoms with Crippen molar-refractivity contribution < 1.29 is 13.2 Å². The second kappa shape index (κ2) is 8.60. The molecule has 0 fully saturated rings. The van der Waals surface area contributed by atoms with Crippen LogP contribution < -0.4 is 5.32 Å². The van der Waals surface area contributed by atoms with Gasteiger partial charge in [0, 0.05) is 16.7 Å². The van der Waals surface area contributed by atoms with E-state index in [1.165, 1.54) is 16.4 Å². The summed E-state index contributed by atoms with van der Waals surface area (Å²) in [4.78, 5) is 12.5. The van der Waals surface area contributed by atoms with Gasteiger partial charge in [0.05, 0.1) is 11.4 Å². The summed E-state index contributed by atoms with van der Waals surface area (Å²) in [6.45, 7) is 3.69. The van der Waals surface area contributed by atoms with E-state index >= 15 is 0 Å². The molecule has 0 aromatic heterocycles. The number of carbonyl (C=O) groups is 1. The van der Waals surface area contributed by atoms with E-state index in [9.17, 15) is 13.2 Å². The van der Waals surface area contributed by atoms with Crippen LogP contribution in [-0.4, -0.2) is 31.7 Å². The second-order valence-corrected chi connectivity index (χ2v) is 8.30. The molecule has 0 spiro atoms. The van der Waals surface area contributed by atoms with Crippen LogP contribution >= 0.6 is 15.9 Å². The van der Waals surface area contributed by atoms with Crippen molar-refractivity contribution in [1.82, 2.24) is 4.31 Å². The van der Waals surface area contributed by atoms with Crippen LogP contribution in [0, 0.1) is 0 Å². The highest BCUT2D eigenvalue weighted by molar-refractivity contribution is 9.10. The molecule has 2 aromatic rings. The highest BCUT2D eigenvalue weighted by atomic mass is 79.9. The van der Waals surface area contributed by atoms with Crippen LogP contribution in [-0.2, 0) is 21.2 Å². The summed E-state index contributed by atoms with van der Waals surface area (Å²) in [5.74, 6) is -0.358. The predicted octanol–water partition coefficient (Wildman–Crippen LogP) is 3.66. The third kappa shape index (κ3) is 4.90. The minimum absolute atomic E-state index is 0.166. The number of sulfonamides is 1. The molecule has 0 aliphatic rings. The molecule has 1 N–H and O–H groups in total. The maximum atomic E-state index is 12.7. The Morgan fingerprint density at radius 1 is 1.08 bits per heavy atom. The number of nitrogens with one attached hydrogen (secondary N) is 1. The summed E-state index contributed by atoms with van der Waals surface area (Å²) >= 11 is 3.28. The fourth-order valence-electron chi connectivity index (χ4n) is 2.42. The first-order chi connectivity index (χ1) is 11.9. The zero-order chi connectivity index (χ0) is 18.4. The van der Waals surface area contributed by atoms with Gasteiger partial charge in [0.1, 0.15) is 0 Å². The van der Waals surface area contributed by atoms with Gasteiger partial charge in [-0.3, -0.25) is 4.79 Å². The number of rotatable bonds is 7. The average Bonchev–Trinajstić information content (AvgIpc) is 2.60. The summed E-state index contributed by atoms with van der Waals surface area (Å²) in [6.07, 6.45) is 0.783. The van der Waals surface area contributed by atoms with E-state index in [-0.39, 0.29) is 23.9 Å². The molecule has 1 amide bonds. The van der Waals surface area contributed by atoms with Crippen LogP contribution in [0.2, 0.25) is 0 Å². The van der Waals surface area contributed by atoms with Crippen LogP contribution in [0.1, 0.15) is 19.4 Å². The van der Waals surface area contributed by atoms with Gasteiger partial charge in [0.15, 0.2) is 0 Å². The van der Waals surface area contributed by atoms with Crippen LogP contribution in [0.4, 0.5) is 5.69 Å². The Bertz CT molecular complexity index is 836. The molecule has 2 aromatic carbocycles. The third-order valence-electron chi connectivity index (χ3n) is 3.80. The number of benzene rings is 2. The average molecular weight is 425 g/mol. The number of nitrogens with zero attached hydrogens (tertiary/aromatic N) is 1. The first-order valence-electron chi connectivity index (χ1n) is 8.02. The first kappa shape index (κ1) is 19.6. The van der Waals surface area contributed by atoms with E-state index in [0.29, 0.717) is 5.69 Å². The lowest BCUT2D eigenvalue weighted by molar-refractivity contribution is -0.116. The molecule has 134 valence electrons. The van der Waals surface area contributed by atoms with Gasteiger partial charge >= 0.3 is 0 Å². The number of hydrogen-bond donors (Lipinski definition) is 1. The van der Waals surface area contributed by atoms with Crippen molar-refractivity contribution in [3.05, 3.63) is 58.6 Å². The molecular formula is C18H21BrN2O3S. The number of halogens is 1. The van der Waals surface area contributed by atoms with E-state index in [1.807, 2.05) is 31.2 Å². The monoisotopic (exact) mass is 424 g/mol. The molecule has 0 bridgehead atoms. The largest absolute Gasteiger partial charge is 0.325 e. The Morgan fingerprint density at radius 2 is 1.72 bits per heavy atom. The van der Waals surface area contributed by atoms with E-state index in [4.69, 9.17) is 0 Å². The highest BCUT2D eigenvalue weighted by Gasteiger charge is 2.25. The van der Waals surface area contributed by atoms with Crippen molar-refractivity contribution >= 4 is 37.5 Å². The zero-order valence-corrected chi connectivity index (χ0v) is 16.6. The molecule has 0 heterocycles. The molecule has 0 unspecified atom stereocenters. The normalized spacial score (nSPS) is 11.5. The molecule has 0 saturated carbocycles. The first-order valence-corrected chi connectivity index (χ1v) is 10.2. The predicted molar refractivity (Wildman–Crippen MR) is 103 cm³/mol. The molecule has 0 radical (unpaired) electrons. The summed E-state index contributed by atoms with van der Waals surface area (Å²) < 4.78 is 27.4. The van der Waals surface area contributed by atoms with Crippen molar-refractivity contribution in [3.63, 3.8) is 0 Å². The minimum Gasteiger partial charge on any atom is -0.325 e. The number of para-hydroxylation sites is 1. The molecular weight excluding hydrogens is 404 g/mol. The Morgan fingerprint density at radius 3 is 2.32 bits per heavy atom. The SMILES string of the molecule is CCc1ccccc1NC(=O)CN(CC)S(=O)(=O)c1ccc(Br)cc1. The lowest BCUT2D eigenvalue weighted by Gasteiger charge is -2.20. The van der Waals surface area contributed by atoms with Crippen molar-refractivity contribution in [2.45, 2.75) is 25.2 Å². The van der Waals surface area contributed by atoms with Gasteiger partial charge in [-0.15, -0.1) is 0 Å². The molecule has 0 atom stereocenters. The van der Waals surface area contributed by atoms with Crippen LogP contribution in [0.15, 0.2) is 57.9 Å². The Kier molecular flexibility index (Phi) is 6.75. The van der Waals surface area contributed by atoms with Crippen molar-refractivity contribution in [3.8, 4) is 0 Å². The number of anilines is 1. The topological polar surface area (TPSA) is 66.5 Å². The van der Waals surface area contributed by atoms with Crippen LogP contribution in [0.5, 0.6) is 0 Å². The number of amides is 1. The van der Waals surface area contributed by atoms with Crippen LogP contribution in [0.3, 0.4) is 0 Å². The van der Waals surface area contributed by atoms with Gasteiger partial charge in [-0.05, 0) is 42.3 Å². The maximum Gasteiger partial charge on any atom is 0.243 e. The zero-order valence-electron chi connectivity index (χ0n) is 14.2. The molecule has 7 heteroatoms. The lowest BCUT2D eigenvalue weighted by Crippen LogP contribution is -2.37. The van der Waals surface area contributed by atoms with Gasteiger partial charge in [-0.2, -0.15) is 4.31 Å². The Balaban J connectivity index is 2.15. The number of hydrogen-bond acceptors (Lipinski definition) is 3. The number of aryl methyl sites for hydroxylation is 1. The number of carbonyl (C=O) groups excluding carboxylic acids is 1. The van der Waals surface area contributed by atoms with E-state index in [1.54, 1.807) is 19.1 Å². The summed E-state index contributed by atoms with van der Waals surface area (Å²) in [5.41, 5.74) is 1.72. The minimum atomic E-state index is -3.72. The Labute approximate surface area is 157 Å². The van der Waals surface area contributed by atoms with Gasteiger partial charge in [0.2, 0.25) is 15.9 Å². The fraction of sp³-hybridized carbons (Fsp3) is 0.278. The van der Waals surface area contributed by atoms with Gasteiger partial charge in [-0.1, -0.05) is 48.0 Å². The van der Waals surface area contributed by atoms with Crippen LogP contribution in [0.25, 0.3) is 0 Å². The van der Waals surface area contributed by atoms with Gasteiger partial charge < -0.3 is 5.32 Å². The smallest absolute Gasteiger partial charge is 0.243 e. The number of likely N-dealkylation sites (N-methyl/N-ethyl adjacent to an activating group) is 1. The molecule has 2 rings (SSSR count). The molecule has 25 heavy (non-hydrogen) atoms. The molecule has 0 aliphatic carbocycles. The summed E-state index contributed by atoms with van der Waals surface area (Å²) in [6, 6.07) is 13.9. The fourth-order valence-corrected chi connectivity index (χ4v) is 4.09. The second-order valence-electron chi connectivity index (χ2n) is 5.44. The van der Waals surface area contributed by atoms with E-state index in [0.717, 1.165) is 16.5 Å². The van der Waals surface area contributed by atoms with Crippen molar-refractivity contribution in [1.29, 1.82) is 0 Å². The van der Waals surface area contributed by atoms with Crippen molar-refractivity contribution in [2.24, 2.45) is 0 Å². The summed E-state index contributed by atoms with van der Waals surface area (Å²) in [5, 5.41) is 2.81. The van der Waals surface area contributed by atoms with Gasteiger partial charge in [0.25, 0.3) is 0 Å².